The van der Waals surface area contributed by atoms with Crippen molar-refractivity contribution in [3.8, 4) is 0 Å². The highest BCUT2D eigenvalue weighted by Gasteiger charge is 2.31. The van der Waals surface area contributed by atoms with Crippen LogP contribution < -0.4 is 5.73 Å². The Morgan fingerprint density at radius 2 is 2.32 bits per heavy atom. The highest BCUT2D eigenvalue weighted by atomic mass is 35.5. The van der Waals surface area contributed by atoms with Crippen LogP contribution in [-0.4, -0.2) is 28.4 Å². The SMILES string of the molecule is CC[C@H](N)C(=O)N1CCCCC1c1nccs1.Cl.Cl. The van der Waals surface area contributed by atoms with Gasteiger partial charge in [-0.15, -0.1) is 36.2 Å². The molecule has 0 bridgehead atoms. The van der Waals surface area contributed by atoms with E-state index in [4.69, 9.17) is 5.73 Å². The van der Waals surface area contributed by atoms with Gasteiger partial charge in [-0.1, -0.05) is 6.92 Å². The molecule has 1 fully saturated rings. The fourth-order valence-electron chi connectivity index (χ4n) is 2.24. The maximum atomic E-state index is 12.2. The van der Waals surface area contributed by atoms with Gasteiger partial charge < -0.3 is 10.6 Å². The molecule has 0 aromatic carbocycles. The summed E-state index contributed by atoms with van der Waals surface area (Å²) in [5, 5.41) is 3.01. The Morgan fingerprint density at radius 3 is 2.89 bits per heavy atom. The first-order chi connectivity index (χ1) is 8.24. The Bertz CT molecular complexity index is 375. The lowest BCUT2D eigenvalue weighted by atomic mass is 10.0. The van der Waals surface area contributed by atoms with E-state index in [2.05, 4.69) is 4.98 Å². The smallest absolute Gasteiger partial charge is 0.240 e. The van der Waals surface area contributed by atoms with E-state index in [-0.39, 0.29) is 42.8 Å². The molecular weight excluding hydrogens is 305 g/mol. The molecule has 1 aromatic heterocycles. The largest absolute Gasteiger partial charge is 0.332 e. The Labute approximate surface area is 130 Å². The third kappa shape index (κ3) is 4.31. The second kappa shape index (κ2) is 8.74. The van der Waals surface area contributed by atoms with Crippen LogP contribution in [0.15, 0.2) is 11.6 Å². The van der Waals surface area contributed by atoms with Crippen LogP contribution in [0.3, 0.4) is 0 Å². The molecule has 2 heterocycles. The Kier molecular flexibility index (Phi) is 8.57. The van der Waals surface area contributed by atoms with Crippen LogP contribution >= 0.6 is 36.2 Å². The summed E-state index contributed by atoms with van der Waals surface area (Å²) < 4.78 is 0. The number of thiazole rings is 1. The number of halogens is 2. The van der Waals surface area contributed by atoms with Gasteiger partial charge in [0.2, 0.25) is 5.91 Å². The lowest BCUT2D eigenvalue weighted by Crippen LogP contribution is -2.47. The quantitative estimate of drug-likeness (QED) is 0.929. The van der Waals surface area contributed by atoms with Crippen molar-refractivity contribution in [2.24, 2.45) is 5.73 Å². The van der Waals surface area contributed by atoms with Crippen molar-refractivity contribution in [2.75, 3.05) is 6.54 Å². The highest BCUT2D eigenvalue weighted by molar-refractivity contribution is 7.09. The maximum absolute atomic E-state index is 12.2. The first-order valence-corrected chi connectivity index (χ1v) is 7.07. The monoisotopic (exact) mass is 325 g/mol. The number of amides is 1. The van der Waals surface area contributed by atoms with Gasteiger partial charge in [0.05, 0.1) is 12.1 Å². The first-order valence-electron chi connectivity index (χ1n) is 6.19. The minimum absolute atomic E-state index is 0. The lowest BCUT2D eigenvalue weighted by molar-refractivity contribution is -0.136. The van der Waals surface area contributed by atoms with Crippen molar-refractivity contribution >= 4 is 42.1 Å². The normalized spacial score (nSPS) is 20.1. The Hall–Kier alpha value is -0.360. The Balaban J connectivity index is 0.00000162. The summed E-state index contributed by atoms with van der Waals surface area (Å²) >= 11 is 1.62. The molecule has 2 atom stereocenters. The number of carbonyl (C=O) groups excluding carboxylic acids is 1. The third-order valence-corrected chi connectivity index (χ3v) is 4.16. The predicted molar refractivity (Wildman–Crippen MR) is 83.2 cm³/mol. The van der Waals surface area contributed by atoms with Gasteiger partial charge in [0, 0.05) is 18.1 Å². The molecule has 1 amide bonds. The van der Waals surface area contributed by atoms with E-state index >= 15 is 0 Å². The van der Waals surface area contributed by atoms with Crippen LogP contribution in [0, 0.1) is 0 Å². The van der Waals surface area contributed by atoms with Crippen LogP contribution in [0.2, 0.25) is 0 Å². The van der Waals surface area contributed by atoms with Crippen molar-refractivity contribution in [1.29, 1.82) is 0 Å². The first kappa shape index (κ1) is 18.6. The number of hydrogen-bond donors (Lipinski definition) is 1. The molecule has 1 aliphatic heterocycles. The van der Waals surface area contributed by atoms with E-state index in [0.29, 0.717) is 6.42 Å². The number of hydrogen-bond acceptors (Lipinski definition) is 4. The van der Waals surface area contributed by atoms with Gasteiger partial charge in [0.15, 0.2) is 0 Å². The van der Waals surface area contributed by atoms with Crippen molar-refractivity contribution in [3.63, 3.8) is 0 Å². The van der Waals surface area contributed by atoms with Crippen LogP contribution in [0.5, 0.6) is 0 Å². The number of piperidine rings is 1. The second-order valence-electron chi connectivity index (χ2n) is 4.43. The topological polar surface area (TPSA) is 59.2 Å². The van der Waals surface area contributed by atoms with Gasteiger partial charge in [-0.2, -0.15) is 0 Å². The zero-order valence-electron chi connectivity index (χ0n) is 10.9. The Morgan fingerprint density at radius 1 is 1.58 bits per heavy atom. The maximum Gasteiger partial charge on any atom is 0.240 e. The van der Waals surface area contributed by atoms with Crippen molar-refractivity contribution in [3.05, 3.63) is 16.6 Å². The fraction of sp³-hybridized carbons (Fsp3) is 0.667. The molecule has 0 aliphatic carbocycles. The molecule has 2 rings (SSSR count). The minimum atomic E-state index is -0.365. The average molecular weight is 326 g/mol. The average Bonchev–Trinajstić information content (AvgIpc) is 2.90. The van der Waals surface area contributed by atoms with Gasteiger partial charge in [-0.05, 0) is 25.7 Å². The van der Waals surface area contributed by atoms with Gasteiger partial charge in [-0.3, -0.25) is 4.79 Å². The number of likely N-dealkylation sites (tertiary alicyclic amines) is 1. The molecule has 1 unspecified atom stereocenters. The van der Waals surface area contributed by atoms with Crippen LogP contribution in [0.25, 0.3) is 0 Å². The molecule has 7 heteroatoms. The van der Waals surface area contributed by atoms with E-state index in [1.54, 1.807) is 17.5 Å². The predicted octanol–water partition coefficient (Wildman–Crippen LogP) is 2.78. The zero-order valence-corrected chi connectivity index (χ0v) is 13.4. The molecule has 1 saturated heterocycles. The number of nitrogens with two attached hydrogens (primary N) is 1. The van der Waals surface area contributed by atoms with E-state index in [1.807, 2.05) is 17.2 Å². The summed E-state index contributed by atoms with van der Waals surface area (Å²) in [5.74, 6) is 0.0763. The molecule has 0 saturated carbocycles. The van der Waals surface area contributed by atoms with Gasteiger partial charge in [0.1, 0.15) is 5.01 Å². The van der Waals surface area contributed by atoms with Crippen LogP contribution in [-0.2, 0) is 4.79 Å². The zero-order chi connectivity index (χ0) is 12.3. The van der Waals surface area contributed by atoms with E-state index < -0.39 is 0 Å². The summed E-state index contributed by atoms with van der Waals surface area (Å²) in [5.41, 5.74) is 5.85. The van der Waals surface area contributed by atoms with Gasteiger partial charge >= 0.3 is 0 Å². The minimum Gasteiger partial charge on any atom is -0.332 e. The third-order valence-electron chi connectivity index (χ3n) is 3.28. The van der Waals surface area contributed by atoms with Gasteiger partial charge in [0.25, 0.3) is 0 Å². The van der Waals surface area contributed by atoms with E-state index in [9.17, 15) is 4.79 Å². The fourth-order valence-corrected chi connectivity index (χ4v) is 3.02. The summed E-state index contributed by atoms with van der Waals surface area (Å²) in [6.07, 6.45) is 5.74. The van der Waals surface area contributed by atoms with Crippen LogP contribution in [0.1, 0.15) is 43.7 Å². The second-order valence-corrected chi connectivity index (χ2v) is 5.35. The molecule has 1 aliphatic rings. The van der Waals surface area contributed by atoms with Crippen molar-refractivity contribution < 1.29 is 4.79 Å². The molecular formula is C12H21Cl2N3OS. The van der Waals surface area contributed by atoms with Gasteiger partial charge in [-0.25, -0.2) is 4.98 Å². The number of nitrogens with zero attached hydrogens (tertiary/aromatic N) is 2. The summed E-state index contributed by atoms with van der Waals surface area (Å²) in [6.45, 7) is 2.77. The highest BCUT2D eigenvalue weighted by Crippen LogP contribution is 2.32. The molecule has 110 valence electrons. The molecule has 1 aromatic rings. The molecule has 19 heavy (non-hydrogen) atoms. The number of aromatic nitrogens is 1. The lowest BCUT2D eigenvalue weighted by Gasteiger charge is -2.36. The van der Waals surface area contributed by atoms with Crippen molar-refractivity contribution in [2.45, 2.75) is 44.7 Å². The molecule has 0 radical (unpaired) electrons. The summed E-state index contributed by atoms with van der Waals surface area (Å²) in [6, 6.07) is -0.218. The summed E-state index contributed by atoms with van der Waals surface area (Å²) in [4.78, 5) is 18.5. The standard InChI is InChI=1S/C12H19N3OS.2ClH/c1-2-9(13)12(16)15-7-4-3-5-10(15)11-14-6-8-17-11;;/h6,8-10H,2-5,7,13H2,1H3;2*1H/t9-,10?;;/m0../s1. The molecule has 0 spiro atoms. The van der Waals surface area contributed by atoms with E-state index in [1.165, 1.54) is 0 Å². The van der Waals surface area contributed by atoms with Crippen LogP contribution in [0.4, 0.5) is 0 Å². The molecule has 4 nitrogen and oxygen atoms in total. The summed E-state index contributed by atoms with van der Waals surface area (Å²) in [7, 11) is 0. The van der Waals surface area contributed by atoms with Crippen molar-refractivity contribution in [1.82, 2.24) is 9.88 Å². The molecule has 2 N–H and O–H groups in total. The number of carbonyl (C=O) groups is 1. The number of rotatable bonds is 3. The van der Waals surface area contributed by atoms with E-state index in [0.717, 1.165) is 30.8 Å².